The maximum absolute atomic E-state index is 10.7. The maximum Gasteiger partial charge on any atom is 0.125 e. The molecule has 0 aliphatic carbocycles. The van der Waals surface area contributed by atoms with Gasteiger partial charge in [0.15, 0.2) is 0 Å². The quantitative estimate of drug-likeness (QED) is 0.856. The first kappa shape index (κ1) is 15.4. The number of hydrogen-bond donors (Lipinski definition) is 1. The molecule has 1 unspecified atom stereocenters. The van der Waals surface area contributed by atoms with Gasteiger partial charge in [-0.25, -0.2) is 0 Å². The second kappa shape index (κ2) is 6.17. The van der Waals surface area contributed by atoms with Crippen molar-refractivity contribution in [2.24, 2.45) is 0 Å². The van der Waals surface area contributed by atoms with Gasteiger partial charge >= 0.3 is 0 Å². The molecule has 106 valence electrons. The third-order valence-electron chi connectivity index (χ3n) is 3.26. The van der Waals surface area contributed by atoms with Crippen LogP contribution in [-0.4, -0.2) is 12.2 Å². The summed E-state index contributed by atoms with van der Waals surface area (Å²) in [5.74, 6) is 0.672. The Bertz CT molecular complexity index is 641. The van der Waals surface area contributed by atoms with Gasteiger partial charge in [-0.3, -0.25) is 0 Å². The highest BCUT2D eigenvalue weighted by molar-refractivity contribution is 9.10. The molecule has 2 aromatic carbocycles. The van der Waals surface area contributed by atoms with E-state index in [2.05, 4.69) is 15.9 Å². The molecular formula is C16H16BrClO2. The number of ether oxygens (including phenoxy) is 1. The zero-order chi connectivity index (χ0) is 14.9. The van der Waals surface area contributed by atoms with Crippen LogP contribution in [0.25, 0.3) is 0 Å². The Balaban J connectivity index is 2.59. The molecule has 2 nitrogen and oxygen atoms in total. The molecule has 0 radical (unpaired) electrons. The van der Waals surface area contributed by atoms with Gasteiger partial charge < -0.3 is 9.84 Å². The van der Waals surface area contributed by atoms with E-state index in [1.807, 2.05) is 44.2 Å². The molecule has 1 N–H and O–H groups in total. The van der Waals surface area contributed by atoms with Crippen LogP contribution >= 0.6 is 27.5 Å². The van der Waals surface area contributed by atoms with Crippen LogP contribution in [0.2, 0.25) is 5.02 Å². The van der Waals surface area contributed by atoms with Crippen molar-refractivity contribution >= 4 is 27.5 Å². The van der Waals surface area contributed by atoms with Gasteiger partial charge in [0.25, 0.3) is 0 Å². The summed E-state index contributed by atoms with van der Waals surface area (Å²) in [6.07, 6.45) is -0.824. The molecule has 0 fully saturated rings. The van der Waals surface area contributed by atoms with Crippen LogP contribution in [-0.2, 0) is 0 Å². The van der Waals surface area contributed by atoms with Crippen LogP contribution in [0.3, 0.4) is 0 Å². The molecule has 0 bridgehead atoms. The van der Waals surface area contributed by atoms with Crippen molar-refractivity contribution < 1.29 is 9.84 Å². The average Bonchev–Trinajstić information content (AvgIpc) is 2.40. The van der Waals surface area contributed by atoms with Gasteiger partial charge in [-0.2, -0.15) is 0 Å². The first-order valence-electron chi connectivity index (χ1n) is 6.22. The molecule has 0 saturated heterocycles. The van der Waals surface area contributed by atoms with Gasteiger partial charge in [-0.1, -0.05) is 29.8 Å². The number of benzene rings is 2. The molecule has 0 aromatic heterocycles. The van der Waals surface area contributed by atoms with E-state index in [-0.39, 0.29) is 0 Å². The molecule has 0 aliphatic heterocycles. The SMILES string of the molecule is COc1cc(C)cc(C)c1C(O)c1cccc(Br)c1Cl. The molecular weight excluding hydrogens is 340 g/mol. The first-order valence-corrected chi connectivity index (χ1v) is 7.40. The topological polar surface area (TPSA) is 29.5 Å². The number of methoxy groups -OCH3 is 1. The first-order chi connectivity index (χ1) is 9.45. The standard InChI is InChI=1S/C16H16BrClO2/c1-9-7-10(2)14(13(8-9)20-3)16(19)11-5-4-6-12(17)15(11)18/h4-8,16,19H,1-3H3. The lowest BCUT2D eigenvalue weighted by atomic mass is 9.95. The number of aryl methyl sites for hydroxylation is 2. The van der Waals surface area contributed by atoms with Crippen LogP contribution < -0.4 is 4.74 Å². The molecule has 4 heteroatoms. The van der Waals surface area contributed by atoms with Gasteiger partial charge in [-0.05, 0) is 53.0 Å². The van der Waals surface area contributed by atoms with Gasteiger partial charge in [0, 0.05) is 15.6 Å². The van der Waals surface area contributed by atoms with Crippen LogP contribution in [0.1, 0.15) is 28.4 Å². The van der Waals surface area contributed by atoms with E-state index in [0.717, 1.165) is 21.2 Å². The Hall–Kier alpha value is -1.03. The smallest absolute Gasteiger partial charge is 0.125 e. The van der Waals surface area contributed by atoms with Crippen molar-refractivity contribution in [3.63, 3.8) is 0 Å². The second-order valence-corrected chi connectivity index (χ2v) is 5.98. The zero-order valence-corrected chi connectivity index (χ0v) is 13.9. The van der Waals surface area contributed by atoms with Gasteiger partial charge in [0.1, 0.15) is 11.9 Å². The minimum absolute atomic E-state index is 0.516. The minimum Gasteiger partial charge on any atom is -0.496 e. The van der Waals surface area contributed by atoms with E-state index in [4.69, 9.17) is 16.3 Å². The highest BCUT2D eigenvalue weighted by atomic mass is 79.9. The Morgan fingerprint density at radius 1 is 1.25 bits per heavy atom. The van der Waals surface area contributed by atoms with Crippen molar-refractivity contribution in [1.82, 2.24) is 0 Å². The lowest BCUT2D eigenvalue weighted by Crippen LogP contribution is -2.06. The van der Waals surface area contributed by atoms with Gasteiger partial charge in [0.05, 0.1) is 12.1 Å². The Labute approximate surface area is 132 Å². The van der Waals surface area contributed by atoms with Crippen molar-refractivity contribution in [2.45, 2.75) is 20.0 Å². The summed E-state index contributed by atoms with van der Waals surface area (Å²) < 4.78 is 6.17. The van der Waals surface area contributed by atoms with Crippen molar-refractivity contribution in [1.29, 1.82) is 0 Å². The van der Waals surface area contributed by atoms with E-state index in [1.165, 1.54) is 0 Å². The number of hydrogen-bond acceptors (Lipinski definition) is 2. The normalized spacial score (nSPS) is 12.3. The molecule has 0 spiro atoms. The average molecular weight is 356 g/mol. The summed E-state index contributed by atoms with van der Waals surface area (Å²) in [6.45, 7) is 3.96. The summed E-state index contributed by atoms with van der Waals surface area (Å²) >= 11 is 9.65. The fraction of sp³-hybridized carbons (Fsp3) is 0.250. The van der Waals surface area contributed by atoms with Crippen molar-refractivity contribution in [3.8, 4) is 5.75 Å². The molecule has 0 saturated carbocycles. The Kier molecular flexibility index (Phi) is 4.74. The molecule has 0 aliphatic rings. The molecule has 0 heterocycles. The summed E-state index contributed by atoms with van der Waals surface area (Å²) in [5.41, 5.74) is 3.48. The van der Waals surface area contributed by atoms with Crippen LogP contribution in [0, 0.1) is 13.8 Å². The Morgan fingerprint density at radius 3 is 2.60 bits per heavy atom. The molecule has 0 amide bonds. The fourth-order valence-corrected chi connectivity index (χ4v) is 2.96. The van der Waals surface area contributed by atoms with Gasteiger partial charge in [-0.15, -0.1) is 0 Å². The van der Waals surface area contributed by atoms with E-state index < -0.39 is 6.10 Å². The summed E-state index contributed by atoms with van der Waals surface area (Å²) in [6, 6.07) is 9.45. The Morgan fingerprint density at radius 2 is 1.95 bits per heavy atom. The molecule has 1 atom stereocenters. The number of halogens is 2. The lowest BCUT2D eigenvalue weighted by molar-refractivity contribution is 0.214. The van der Waals surface area contributed by atoms with Crippen molar-refractivity contribution in [2.75, 3.05) is 7.11 Å². The minimum atomic E-state index is -0.824. The number of rotatable bonds is 3. The fourth-order valence-electron chi connectivity index (χ4n) is 2.35. The monoisotopic (exact) mass is 354 g/mol. The molecule has 2 aromatic rings. The number of aliphatic hydroxyl groups excluding tert-OH is 1. The highest BCUT2D eigenvalue weighted by Gasteiger charge is 2.21. The van der Waals surface area contributed by atoms with Crippen LogP contribution in [0.4, 0.5) is 0 Å². The molecule has 2 rings (SSSR count). The maximum atomic E-state index is 10.7. The van der Waals surface area contributed by atoms with Crippen LogP contribution in [0.5, 0.6) is 5.75 Å². The third kappa shape index (κ3) is 2.85. The summed E-state index contributed by atoms with van der Waals surface area (Å²) in [7, 11) is 1.60. The third-order valence-corrected chi connectivity index (χ3v) is 4.57. The molecule has 20 heavy (non-hydrogen) atoms. The van der Waals surface area contributed by atoms with E-state index in [9.17, 15) is 5.11 Å². The van der Waals surface area contributed by atoms with Crippen molar-refractivity contribution in [3.05, 3.63) is 62.1 Å². The zero-order valence-electron chi connectivity index (χ0n) is 11.6. The highest BCUT2D eigenvalue weighted by Crippen LogP contribution is 2.38. The van der Waals surface area contributed by atoms with E-state index >= 15 is 0 Å². The largest absolute Gasteiger partial charge is 0.496 e. The predicted octanol–water partition coefficient (Wildman–Crippen LogP) is 4.81. The summed E-state index contributed by atoms with van der Waals surface area (Å²) in [4.78, 5) is 0. The van der Waals surface area contributed by atoms with Crippen LogP contribution in [0.15, 0.2) is 34.8 Å². The number of aliphatic hydroxyl groups is 1. The van der Waals surface area contributed by atoms with Gasteiger partial charge in [0.2, 0.25) is 0 Å². The lowest BCUT2D eigenvalue weighted by Gasteiger charge is -2.20. The van der Waals surface area contributed by atoms with E-state index in [0.29, 0.717) is 16.3 Å². The summed E-state index contributed by atoms with van der Waals surface area (Å²) in [5, 5.41) is 11.2. The predicted molar refractivity (Wildman–Crippen MR) is 85.7 cm³/mol. The second-order valence-electron chi connectivity index (χ2n) is 4.74. The van der Waals surface area contributed by atoms with E-state index in [1.54, 1.807) is 7.11 Å².